The van der Waals surface area contributed by atoms with Gasteiger partial charge >= 0.3 is 5.97 Å². The molecule has 1 saturated carbocycles. The first-order valence-corrected chi connectivity index (χ1v) is 8.53. The Balaban J connectivity index is 0.00000400. The van der Waals surface area contributed by atoms with Gasteiger partial charge in [0.15, 0.2) is 0 Å². The maximum Gasteiger partial charge on any atom is 0.312 e. The molecule has 126 valence electrons. The van der Waals surface area contributed by atoms with E-state index in [0.717, 1.165) is 32.1 Å². The summed E-state index contributed by atoms with van der Waals surface area (Å²) in [5, 5.41) is 0. The predicted octanol–water partition coefficient (Wildman–Crippen LogP) is 4.53. The van der Waals surface area contributed by atoms with E-state index in [1.165, 1.54) is 12.8 Å². The number of carbonyl (C=O) groups is 1. The topological polar surface area (TPSA) is 57.8 Å². The van der Waals surface area contributed by atoms with Crippen LogP contribution >= 0.6 is 0 Å². The lowest BCUT2D eigenvalue weighted by atomic mass is 9.71. The normalized spacial score (nSPS) is 21.5. The second-order valence-corrected chi connectivity index (χ2v) is 7.46. The van der Waals surface area contributed by atoms with E-state index < -0.39 is 0 Å². The van der Waals surface area contributed by atoms with Crippen LogP contribution < -0.4 is 0 Å². The van der Waals surface area contributed by atoms with Crippen molar-refractivity contribution in [1.82, 2.24) is 0 Å². The molecule has 0 saturated heterocycles. The van der Waals surface area contributed by atoms with Gasteiger partial charge in [-0.25, -0.2) is 0 Å². The van der Waals surface area contributed by atoms with E-state index in [-0.39, 0.29) is 22.5 Å². The standard InChI is InChI=1S/C18H34O2.H2O/c1-7-15(5)17(6,13-14(3)4)16(19)20-18(8-2)11-9-10-12-18;/h14-15H,7-13H2,1-6H3;1H2. The molecule has 0 aromatic heterocycles. The van der Waals surface area contributed by atoms with Crippen LogP contribution in [0, 0.1) is 17.3 Å². The lowest BCUT2D eigenvalue weighted by Crippen LogP contribution is -2.42. The van der Waals surface area contributed by atoms with E-state index in [0.29, 0.717) is 11.8 Å². The van der Waals surface area contributed by atoms with E-state index in [1.54, 1.807) is 0 Å². The predicted molar refractivity (Wildman–Crippen MR) is 88.2 cm³/mol. The lowest BCUT2D eigenvalue weighted by Gasteiger charge is -2.38. The fraction of sp³-hybridized carbons (Fsp3) is 0.944. The Morgan fingerprint density at radius 1 is 1.19 bits per heavy atom. The number of carbonyl (C=O) groups excluding carboxylic acids is 1. The molecule has 0 amide bonds. The van der Waals surface area contributed by atoms with Crippen molar-refractivity contribution >= 4 is 5.97 Å². The van der Waals surface area contributed by atoms with Gasteiger partial charge in [0, 0.05) is 0 Å². The van der Waals surface area contributed by atoms with E-state index in [2.05, 4.69) is 41.5 Å². The van der Waals surface area contributed by atoms with Crippen LogP contribution in [0.5, 0.6) is 0 Å². The minimum atomic E-state index is -0.340. The smallest absolute Gasteiger partial charge is 0.312 e. The highest BCUT2D eigenvalue weighted by molar-refractivity contribution is 5.77. The van der Waals surface area contributed by atoms with E-state index >= 15 is 0 Å². The Morgan fingerprint density at radius 2 is 1.71 bits per heavy atom. The van der Waals surface area contributed by atoms with Gasteiger partial charge in [-0.15, -0.1) is 0 Å². The zero-order chi connectivity index (χ0) is 15.4. The molecule has 3 heteroatoms. The zero-order valence-electron chi connectivity index (χ0n) is 14.9. The summed E-state index contributed by atoms with van der Waals surface area (Å²) in [5.41, 5.74) is -0.504. The molecule has 3 nitrogen and oxygen atoms in total. The van der Waals surface area contributed by atoms with Gasteiger partial charge in [-0.2, -0.15) is 0 Å². The summed E-state index contributed by atoms with van der Waals surface area (Å²) in [6.45, 7) is 13.0. The maximum absolute atomic E-state index is 12.9. The van der Waals surface area contributed by atoms with Crippen LogP contribution in [0.3, 0.4) is 0 Å². The zero-order valence-corrected chi connectivity index (χ0v) is 14.9. The number of rotatable bonds is 7. The number of hydrogen-bond acceptors (Lipinski definition) is 2. The van der Waals surface area contributed by atoms with Crippen molar-refractivity contribution in [1.29, 1.82) is 0 Å². The molecular formula is C18H36O3. The monoisotopic (exact) mass is 300 g/mol. The minimum Gasteiger partial charge on any atom is -0.459 e. The SMILES string of the molecule is CCC(C)C(C)(CC(C)C)C(=O)OC1(CC)CCCC1.O. The maximum atomic E-state index is 12.9. The van der Waals surface area contributed by atoms with Gasteiger partial charge in [-0.1, -0.05) is 41.0 Å². The molecular weight excluding hydrogens is 264 g/mol. The minimum absolute atomic E-state index is 0. The molecule has 0 aliphatic heterocycles. The molecule has 1 aliphatic rings. The van der Waals surface area contributed by atoms with Crippen LogP contribution in [0.25, 0.3) is 0 Å². The first kappa shape index (κ1) is 20.4. The van der Waals surface area contributed by atoms with E-state index in [9.17, 15) is 4.79 Å². The Bertz CT molecular complexity index is 318. The molecule has 0 aromatic rings. The van der Waals surface area contributed by atoms with Gasteiger partial charge in [0.1, 0.15) is 5.60 Å². The summed E-state index contributed by atoms with van der Waals surface area (Å²) < 4.78 is 6.10. The molecule has 21 heavy (non-hydrogen) atoms. The first-order chi connectivity index (χ1) is 9.29. The van der Waals surface area contributed by atoms with Gasteiger partial charge < -0.3 is 10.2 Å². The number of hydrogen-bond donors (Lipinski definition) is 0. The second-order valence-electron chi connectivity index (χ2n) is 7.46. The molecule has 1 fully saturated rings. The van der Waals surface area contributed by atoms with Crippen LogP contribution in [0.1, 0.15) is 86.5 Å². The van der Waals surface area contributed by atoms with Gasteiger partial charge in [0.25, 0.3) is 0 Å². The highest BCUT2D eigenvalue weighted by atomic mass is 16.6. The molecule has 2 N–H and O–H groups in total. The van der Waals surface area contributed by atoms with Crippen molar-refractivity contribution in [3.05, 3.63) is 0 Å². The van der Waals surface area contributed by atoms with Crippen molar-refractivity contribution in [2.75, 3.05) is 0 Å². The molecule has 2 unspecified atom stereocenters. The fourth-order valence-corrected chi connectivity index (χ4v) is 3.64. The average Bonchev–Trinajstić information content (AvgIpc) is 2.85. The van der Waals surface area contributed by atoms with Crippen molar-refractivity contribution in [2.45, 2.75) is 92.1 Å². The Labute approximate surface area is 131 Å². The molecule has 1 rings (SSSR count). The molecule has 0 heterocycles. The van der Waals surface area contributed by atoms with Gasteiger partial charge in [0.2, 0.25) is 0 Å². The van der Waals surface area contributed by atoms with Crippen molar-refractivity contribution in [3.8, 4) is 0 Å². The summed E-state index contributed by atoms with van der Waals surface area (Å²) in [7, 11) is 0. The van der Waals surface area contributed by atoms with E-state index in [4.69, 9.17) is 4.74 Å². The Kier molecular flexibility index (Phi) is 7.94. The highest BCUT2D eigenvalue weighted by Gasteiger charge is 2.44. The molecule has 1 aliphatic carbocycles. The quantitative estimate of drug-likeness (QED) is 0.649. The third-order valence-electron chi connectivity index (χ3n) is 5.47. The second kappa shape index (κ2) is 8.17. The van der Waals surface area contributed by atoms with Gasteiger partial charge in [-0.05, 0) is 57.3 Å². The third-order valence-corrected chi connectivity index (χ3v) is 5.47. The summed E-state index contributed by atoms with van der Waals surface area (Å²) in [6.07, 6.45) is 7.40. The van der Waals surface area contributed by atoms with Crippen molar-refractivity contribution in [2.24, 2.45) is 17.3 Å². The summed E-state index contributed by atoms with van der Waals surface area (Å²) in [4.78, 5) is 12.9. The molecule has 0 aromatic carbocycles. The van der Waals surface area contributed by atoms with Crippen LogP contribution in [0.15, 0.2) is 0 Å². The van der Waals surface area contributed by atoms with E-state index in [1.807, 2.05) is 0 Å². The summed E-state index contributed by atoms with van der Waals surface area (Å²) in [6, 6.07) is 0. The molecule has 0 radical (unpaired) electrons. The summed E-state index contributed by atoms with van der Waals surface area (Å²) in [5.74, 6) is 0.930. The Morgan fingerprint density at radius 3 is 2.10 bits per heavy atom. The fourth-order valence-electron chi connectivity index (χ4n) is 3.64. The van der Waals surface area contributed by atoms with Gasteiger partial charge in [0.05, 0.1) is 5.41 Å². The van der Waals surface area contributed by atoms with Crippen LogP contribution in [-0.2, 0) is 9.53 Å². The lowest BCUT2D eigenvalue weighted by molar-refractivity contribution is -0.176. The average molecular weight is 300 g/mol. The first-order valence-electron chi connectivity index (χ1n) is 8.53. The van der Waals surface area contributed by atoms with Gasteiger partial charge in [-0.3, -0.25) is 4.79 Å². The largest absolute Gasteiger partial charge is 0.459 e. The van der Waals surface area contributed by atoms with Crippen LogP contribution in [0.4, 0.5) is 0 Å². The summed E-state index contributed by atoms with van der Waals surface area (Å²) >= 11 is 0. The van der Waals surface area contributed by atoms with Crippen molar-refractivity contribution in [3.63, 3.8) is 0 Å². The van der Waals surface area contributed by atoms with Crippen molar-refractivity contribution < 1.29 is 15.0 Å². The van der Waals surface area contributed by atoms with Crippen LogP contribution in [-0.4, -0.2) is 17.0 Å². The number of ether oxygens (including phenoxy) is 1. The Hall–Kier alpha value is -0.570. The molecule has 2 atom stereocenters. The third kappa shape index (κ3) is 4.70. The van der Waals surface area contributed by atoms with Crippen LogP contribution in [0.2, 0.25) is 0 Å². The highest BCUT2D eigenvalue weighted by Crippen LogP contribution is 2.42. The molecule has 0 spiro atoms. The number of esters is 1. The molecule has 0 bridgehead atoms.